The first-order valence-corrected chi connectivity index (χ1v) is 14.0. The van der Waals surface area contributed by atoms with E-state index in [1.807, 2.05) is 40.7 Å². The largest absolute Gasteiger partial charge is 0.352 e. The molecule has 0 aromatic heterocycles. The number of carbonyl (C=O) groups excluding carboxylic acids is 2. The Balaban J connectivity index is 2.46. The van der Waals surface area contributed by atoms with Crippen molar-refractivity contribution in [2.45, 2.75) is 66.1 Å². The Kier molecular flexibility index (Phi) is 10.2. The molecule has 2 aromatic carbocycles. The van der Waals surface area contributed by atoms with Crippen LogP contribution < -0.4 is 9.62 Å². The lowest BCUT2D eigenvalue weighted by molar-refractivity contribution is -0.140. The second kappa shape index (κ2) is 12.4. The van der Waals surface area contributed by atoms with Gasteiger partial charge in [0.2, 0.25) is 21.8 Å². The summed E-state index contributed by atoms with van der Waals surface area (Å²) >= 11 is 6.02. The molecule has 0 radical (unpaired) electrons. The molecule has 0 aliphatic heterocycles. The van der Waals surface area contributed by atoms with Gasteiger partial charge in [0.1, 0.15) is 12.6 Å². The molecule has 0 bridgehead atoms. The molecule has 2 unspecified atom stereocenters. The number of hydrogen-bond acceptors (Lipinski definition) is 4. The number of halogens is 1. The zero-order chi connectivity index (χ0) is 26.3. The topological polar surface area (TPSA) is 86.8 Å². The number of aryl methyl sites for hydroxylation is 2. The third-order valence-electron chi connectivity index (χ3n) is 5.83. The number of benzene rings is 2. The van der Waals surface area contributed by atoms with Crippen LogP contribution in [0.15, 0.2) is 42.5 Å². The summed E-state index contributed by atoms with van der Waals surface area (Å²) in [5.41, 5.74) is 2.98. The van der Waals surface area contributed by atoms with Crippen LogP contribution in [0.2, 0.25) is 5.02 Å². The van der Waals surface area contributed by atoms with E-state index < -0.39 is 28.5 Å². The highest BCUT2D eigenvalue weighted by molar-refractivity contribution is 7.92. The van der Waals surface area contributed by atoms with Crippen molar-refractivity contribution in [3.8, 4) is 0 Å². The van der Waals surface area contributed by atoms with Gasteiger partial charge in [-0.3, -0.25) is 13.9 Å². The fourth-order valence-corrected chi connectivity index (χ4v) is 4.81. The molecular formula is C26H36ClN3O4S. The molecule has 35 heavy (non-hydrogen) atoms. The minimum absolute atomic E-state index is 0.0492. The van der Waals surface area contributed by atoms with Crippen molar-refractivity contribution >= 4 is 39.1 Å². The maximum absolute atomic E-state index is 13.7. The van der Waals surface area contributed by atoms with Gasteiger partial charge in [-0.15, -0.1) is 0 Å². The van der Waals surface area contributed by atoms with E-state index in [0.29, 0.717) is 17.1 Å². The number of amides is 2. The van der Waals surface area contributed by atoms with Crippen LogP contribution in [0.5, 0.6) is 0 Å². The predicted molar refractivity (Wildman–Crippen MR) is 142 cm³/mol. The molecule has 0 fully saturated rings. The zero-order valence-electron chi connectivity index (χ0n) is 21.3. The highest BCUT2D eigenvalue weighted by Crippen LogP contribution is 2.23. The summed E-state index contributed by atoms with van der Waals surface area (Å²) in [5.74, 6) is -0.725. The van der Waals surface area contributed by atoms with E-state index >= 15 is 0 Å². The Morgan fingerprint density at radius 1 is 1.00 bits per heavy atom. The summed E-state index contributed by atoms with van der Waals surface area (Å²) in [7, 11) is -3.77. The fraction of sp³-hybridized carbons (Fsp3) is 0.462. The molecule has 192 valence electrons. The quantitative estimate of drug-likeness (QED) is 0.473. The number of hydrogen-bond donors (Lipinski definition) is 1. The Morgan fingerprint density at radius 2 is 1.57 bits per heavy atom. The standard InChI is InChI=1S/C26H36ClN3O4S/c1-7-20(5)28-26(32)24(8-2)29(16-21-9-11-22(27)12-10-21)25(31)17-30(35(6,33)34)23-14-18(3)13-19(4)15-23/h9-15,20,24H,7-8,16-17H2,1-6H3,(H,28,32). The van der Waals surface area contributed by atoms with Crippen molar-refractivity contribution in [2.24, 2.45) is 0 Å². The summed E-state index contributed by atoms with van der Waals surface area (Å²) in [5, 5.41) is 3.52. The molecule has 2 amide bonds. The first-order valence-electron chi connectivity index (χ1n) is 11.8. The molecule has 0 heterocycles. The summed E-state index contributed by atoms with van der Waals surface area (Å²) in [6.45, 7) is 9.18. The first kappa shape index (κ1) is 28.7. The van der Waals surface area contributed by atoms with Crippen LogP contribution in [0.1, 0.15) is 50.3 Å². The molecule has 9 heteroatoms. The van der Waals surface area contributed by atoms with E-state index in [4.69, 9.17) is 11.6 Å². The van der Waals surface area contributed by atoms with Crippen LogP contribution in [-0.2, 0) is 26.2 Å². The SMILES string of the molecule is CCC(C)NC(=O)C(CC)N(Cc1ccc(Cl)cc1)C(=O)CN(c1cc(C)cc(C)c1)S(C)(=O)=O. The predicted octanol–water partition coefficient (Wildman–Crippen LogP) is 4.44. The van der Waals surface area contributed by atoms with Crippen LogP contribution in [0, 0.1) is 13.8 Å². The van der Waals surface area contributed by atoms with E-state index in [1.165, 1.54) is 4.90 Å². The molecule has 2 aromatic rings. The lowest BCUT2D eigenvalue weighted by Crippen LogP contribution is -2.53. The number of rotatable bonds is 11. The Labute approximate surface area is 214 Å². The molecule has 0 aliphatic rings. The van der Waals surface area contributed by atoms with Crippen molar-refractivity contribution in [3.63, 3.8) is 0 Å². The van der Waals surface area contributed by atoms with E-state index in [2.05, 4.69) is 5.32 Å². The number of sulfonamides is 1. The molecular weight excluding hydrogens is 486 g/mol. The van der Waals surface area contributed by atoms with Crippen LogP contribution in [-0.4, -0.2) is 50.0 Å². The van der Waals surface area contributed by atoms with Gasteiger partial charge >= 0.3 is 0 Å². The normalized spacial score (nSPS) is 13.1. The van der Waals surface area contributed by atoms with E-state index in [1.54, 1.807) is 36.4 Å². The fourth-order valence-electron chi connectivity index (χ4n) is 3.86. The van der Waals surface area contributed by atoms with Gasteiger partial charge in [0.15, 0.2) is 0 Å². The van der Waals surface area contributed by atoms with Crippen LogP contribution in [0.25, 0.3) is 0 Å². The summed E-state index contributed by atoms with van der Waals surface area (Å²) < 4.78 is 26.6. The van der Waals surface area contributed by atoms with E-state index in [-0.39, 0.29) is 18.5 Å². The van der Waals surface area contributed by atoms with Crippen LogP contribution in [0.3, 0.4) is 0 Å². The zero-order valence-corrected chi connectivity index (χ0v) is 22.9. The maximum atomic E-state index is 13.7. The number of nitrogens with zero attached hydrogens (tertiary/aromatic N) is 2. The van der Waals surface area contributed by atoms with Crippen LogP contribution >= 0.6 is 11.6 Å². The monoisotopic (exact) mass is 521 g/mol. The van der Waals surface area contributed by atoms with E-state index in [0.717, 1.165) is 33.7 Å². The Hall–Kier alpha value is -2.58. The summed E-state index contributed by atoms with van der Waals surface area (Å²) in [4.78, 5) is 28.3. The lowest BCUT2D eigenvalue weighted by atomic mass is 10.1. The third kappa shape index (κ3) is 8.25. The number of carbonyl (C=O) groups is 2. The maximum Gasteiger partial charge on any atom is 0.244 e. The second-order valence-electron chi connectivity index (χ2n) is 9.01. The molecule has 0 saturated carbocycles. The highest BCUT2D eigenvalue weighted by atomic mass is 35.5. The van der Waals surface area contributed by atoms with Crippen molar-refractivity contribution in [2.75, 3.05) is 17.1 Å². The van der Waals surface area contributed by atoms with Crippen molar-refractivity contribution in [1.29, 1.82) is 0 Å². The molecule has 1 N–H and O–H groups in total. The minimum Gasteiger partial charge on any atom is -0.352 e. The van der Waals surface area contributed by atoms with Gasteiger partial charge in [-0.2, -0.15) is 0 Å². The number of anilines is 1. The van der Waals surface area contributed by atoms with Gasteiger partial charge in [-0.05, 0) is 74.6 Å². The number of nitrogens with one attached hydrogen (secondary N) is 1. The molecule has 0 saturated heterocycles. The Morgan fingerprint density at radius 3 is 2.06 bits per heavy atom. The first-order chi connectivity index (χ1) is 16.3. The summed E-state index contributed by atoms with van der Waals surface area (Å²) in [6.07, 6.45) is 2.21. The third-order valence-corrected chi connectivity index (χ3v) is 7.22. The molecule has 2 atom stereocenters. The molecule has 0 spiro atoms. The lowest BCUT2D eigenvalue weighted by Gasteiger charge is -2.33. The molecule has 7 nitrogen and oxygen atoms in total. The van der Waals surface area contributed by atoms with Crippen molar-refractivity contribution < 1.29 is 18.0 Å². The molecule has 0 aliphatic carbocycles. The Bertz CT molecular complexity index is 1120. The van der Waals surface area contributed by atoms with Crippen molar-refractivity contribution in [3.05, 3.63) is 64.2 Å². The van der Waals surface area contributed by atoms with E-state index in [9.17, 15) is 18.0 Å². The second-order valence-corrected chi connectivity index (χ2v) is 11.3. The summed E-state index contributed by atoms with van der Waals surface area (Å²) in [6, 6.07) is 11.6. The van der Waals surface area contributed by atoms with Gasteiger partial charge in [-0.1, -0.05) is 43.6 Å². The van der Waals surface area contributed by atoms with Gasteiger partial charge in [-0.25, -0.2) is 8.42 Å². The minimum atomic E-state index is -3.77. The average Bonchev–Trinajstić information content (AvgIpc) is 2.76. The van der Waals surface area contributed by atoms with Gasteiger partial charge in [0.25, 0.3) is 0 Å². The van der Waals surface area contributed by atoms with Gasteiger partial charge in [0.05, 0.1) is 11.9 Å². The molecule has 2 rings (SSSR count). The average molecular weight is 522 g/mol. The highest BCUT2D eigenvalue weighted by Gasteiger charge is 2.32. The van der Waals surface area contributed by atoms with Gasteiger partial charge in [0, 0.05) is 17.6 Å². The van der Waals surface area contributed by atoms with Gasteiger partial charge < -0.3 is 10.2 Å². The van der Waals surface area contributed by atoms with Crippen LogP contribution in [0.4, 0.5) is 5.69 Å². The smallest absolute Gasteiger partial charge is 0.244 e. The van der Waals surface area contributed by atoms with Crippen molar-refractivity contribution in [1.82, 2.24) is 10.2 Å².